The van der Waals surface area contributed by atoms with E-state index in [4.69, 9.17) is 9.47 Å². The summed E-state index contributed by atoms with van der Waals surface area (Å²) in [6, 6.07) is 12.9. The van der Waals surface area contributed by atoms with Gasteiger partial charge in [0, 0.05) is 4.88 Å². The van der Waals surface area contributed by atoms with Gasteiger partial charge in [0.25, 0.3) is 5.91 Å². The lowest BCUT2D eigenvalue weighted by Gasteiger charge is -2.15. The number of carbonyl (C=O) groups excluding carboxylic acids is 3. The maximum absolute atomic E-state index is 13.2. The van der Waals surface area contributed by atoms with E-state index in [1.807, 2.05) is 36.6 Å². The highest BCUT2D eigenvalue weighted by molar-refractivity contribution is 7.99. The van der Waals surface area contributed by atoms with Gasteiger partial charge in [0.05, 0.1) is 42.8 Å². The number of fused-ring (bicyclic) bond motifs is 1. The van der Waals surface area contributed by atoms with E-state index in [2.05, 4.69) is 20.8 Å². The number of methoxy groups -OCH3 is 1. The van der Waals surface area contributed by atoms with E-state index in [1.165, 1.54) is 30.2 Å². The molecule has 0 atom stereocenters. The summed E-state index contributed by atoms with van der Waals surface area (Å²) in [4.78, 5) is 40.2. The monoisotopic (exact) mass is 633 g/mol. The highest BCUT2D eigenvalue weighted by Crippen LogP contribution is 2.39. The van der Waals surface area contributed by atoms with Gasteiger partial charge >= 0.3 is 5.97 Å². The number of benzene rings is 2. The predicted octanol–water partition coefficient (Wildman–Crippen LogP) is 5.67. The number of amides is 2. The molecule has 1 aliphatic carbocycles. The predicted molar refractivity (Wildman–Crippen MR) is 171 cm³/mol. The first-order valence-electron chi connectivity index (χ1n) is 14.5. The molecule has 1 aliphatic rings. The minimum absolute atomic E-state index is 0.0431. The van der Waals surface area contributed by atoms with Crippen molar-refractivity contribution >= 4 is 45.9 Å². The number of aromatic nitrogens is 3. The van der Waals surface area contributed by atoms with Crippen molar-refractivity contribution in [3.05, 3.63) is 81.0 Å². The molecule has 0 unspecified atom stereocenters. The lowest BCUT2D eigenvalue weighted by molar-refractivity contribution is -0.113. The van der Waals surface area contributed by atoms with Crippen LogP contribution in [-0.4, -0.2) is 52.0 Å². The van der Waals surface area contributed by atoms with Gasteiger partial charge in [-0.2, -0.15) is 0 Å². The highest BCUT2D eigenvalue weighted by Gasteiger charge is 2.27. The number of hydrogen-bond acceptors (Lipinski definition) is 9. The molecule has 4 aromatic rings. The first-order valence-corrected chi connectivity index (χ1v) is 16.3. The molecule has 2 aromatic carbocycles. The van der Waals surface area contributed by atoms with Crippen LogP contribution in [0.1, 0.15) is 67.9 Å². The number of ether oxygens (including phenoxy) is 2. The van der Waals surface area contributed by atoms with Gasteiger partial charge in [-0.3, -0.25) is 14.2 Å². The maximum atomic E-state index is 13.2. The first kappa shape index (κ1) is 31.3. The Morgan fingerprint density at radius 2 is 1.84 bits per heavy atom. The topological polar surface area (TPSA) is 124 Å². The van der Waals surface area contributed by atoms with Crippen LogP contribution < -0.4 is 15.4 Å². The van der Waals surface area contributed by atoms with Crippen molar-refractivity contribution in [2.24, 2.45) is 0 Å². The van der Waals surface area contributed by atoms with Crippen molar-refractivity contribution in [3.63, 3.8) is 0 Å². The van der Waals surface area contributed by atoms with Crippen molar-refractivity contribution in [2.45, 2.75) is 58.2 Å². The van der Waals surface area contributed by atoms with E-state index in [-0.39, 0.29) is 30.7 Å². The summed E-state index contributed by atoms with van der Waals surface area (Å²) < 4.78 is 12.5. The molecule has 44 heavy (non-hydrogen) atoms. The summed E-state index contributed by atoms with van der Waals surface area (Å²) in [5, 5.41) is 15.7. The van der Waals surface area contributed by atoms with E-state index < -0.39 is 5.97 Å². The Morgan fingerprint density at radius 3 is 2.64 bits per heavy atom. The van der Waals surface area contributed by atoms with Gasteiger partial charge in [-0.1, -0.05) is 36.0 Å². The Hall–Kier alpha value is -4.16. The molecular weight excluding hydrogens is 599 g/mol. The fourth-order valence-corrected chi connectivity index (χ4v) is 7.24. The number of nitrogens with zero attached hydrogens (tertiary/aromatic N) is 3. The van der Waals surface area contributed by atoms with Crippen LogP contribution in [0, 0.1) is 13.8 Å². The largest absolute Gasteiger partial charge is 0.496 e. The molecule has 0 radical (unpaired) electrons. The van der Waals surface area contributed by atoms with E-state index in [0.717, 1.165) is 52.9 Å². The lowest BCUT2D eigenvalue weighted by atomic mass is 9.95. The Balaban J connectivity index is 1.36. The van der Waals surface area contributed by atoms with Gasteiger partial charge in [-0.15, -0.1) is 21.5 Å². The second kappa shape index (κ2) is 14.1. The van der Waals surface area contributed by atoms with E-state index in [1.54, 1.807) is 31.2 Å². The molecule has 5 rings (SSSR count). The summed E-state index contributed by atoms with van der Waals surface area (Å²) in [6.07, 6.45) is 3.77. The Morgan fingerprint density at radius 1 is 1.05 bits per heavy atom. The van der Waals surface area contributed by atoms with Crippen LogP contribution in [0.3, 0.4) is 0 Å². The van der Waals surface area contributed by atoms with Gasteiger partial charge in [0.1, 0.15) is 10.8 Å². The van der Waals surface area contributed by atoms with Crippen molar-refractivity contribution in [1.29, 1.82) is 0 Å². The average Bonchev–Trinajstić information content (AvgIpc) is 3.60. The number of aryl methyl sites for hydroxylation is 2. The van der Waals surface area contributed by atoms with E-state index in [9.17, 15) is 14.4 Å². The summed E-state index contributed by atoms with van der Waals surface area (Å²) in [5.41, 5.74) is 4.86. The smallest absolute Gasteiger partial charge is 0.341 e. The third-order valence-electron chi connectivity index (χ3n) is 7.51. The Bertz CT molecular complexity index is 1700. The summed E-state index contributed by atoms with van der Waals surface area (Å²) >= 11 is 2.69. The minimum atomic E-state index is -0.399. The SMILES string of the molecule is CCOC(=O)c1c(NC(=O)CSc2nnc(CNC(=O)c3ccccc3OC)n2-c2cccc(C)c2C)sc2c1CCCC2. The van der Waals surface area contributed by atoms with Crippen LogP contribution >= 0.6 is 23.1 Å². The van der Waals surface area contributed by atoms with Crippen LogP contribution in [0.15, 0.2) is 47.6 Å². The quantitative estimate of drug-likeness (QED) is 0.160. The zero-order valence-corrected chi connectivity index (χ0v) is 26.8. The molecule has 0 bridgehead atoms. The molecule has 12 heteroatoms. The standard InChI is InChI=1S/C32H35N5O5S2/c1-5-42-31(40)28-22-13-7-9-16-25(22)44-30(28)34-27(38)18-43-32-36-35-26(37(32)23-14-10-11-19(2)20(23)3)17-33-29(39)21-12-6-8-15-24(21)41-4/h6,8,10-12,14-15H,5,7,9,13,16-18H2,1-4H3,(H,33,39)(H,34,38). The van der Waals surface area contributed by atoms with Crippen LogP contribution in [0.25, 0.3) is 5.69 Å². The molecule has 0 fully saturated rings. The number of para-hydroxylation sites is 1. The molecular formula is C32H35N5O5S2. The van der Waals surface area contributed by atoms with Gasteiger partial charge in [-0.25, -0.2) is 4.79 Å². The molecule has 10 nitrogen and oxygen atoms in total. The molecule has 2 amide bonds. The molecule has 2 N–H and O–H groups in total. The number of hydrogen-bond donors (Lipinski definition) is 2. The van der Waals surface area contributed by atoms with Crippen LogP contribution in [0.2, 0.25) is 0 Å². The van der Waals surface area contributed by atoms with Crippen molar-refractivity contribution in [2.75, 3.05) is 24.8 Å². The van der Waals surface area contributed by atoms with Gasteiger partial charge in [0.2, 0.25) is 5.91 Å². The highest BCUT2D eigenvalue weighted by atomic mass is 32.2. The number of esters is 1. The number of anilines is 1. The fourth-order valence-electron chi connectivity index (χ4n) is 5.18. The van der Waals surface area contributed by atoms with Crippen LogP contribution in [-0.2, 0) is 28.9 Å². The van der Waals surface area contributed by atoms with Gasteiger partial charge in [-0.05, 0) is 81.3 Å². The van der Waals surface area contributed by atoms with E-state index in [0.29, 0.717) is 32.9 Å². The van der Waals surface area contributed by atoms with Crippen molar-refractivity contribution < 1.29 is 23.9 Å². The zero-order chi connectivity index (χ0) is 31.2. The van der Waals surface area contributed by atoms with Gasteiger partial charge < -0.3 is 20.1 Å². The van der Waals surface area contributed by atoms with Crippen LogP contribution in [0.4, 0.5) is 5.00 Å². The number of rotatable bonds is 11. The van der Waals surface area contributed by atoms with Crippen molar-refractivity contribution in [1.82, 2.24) is 20.1 Å². The first-order chi connectivity index (χ1) is 21.3. The Kier molecular flexibility index (Phi) is 10.0. The van der Waals surface area contributed by atoms with Gasteiger partial charge in [0.15, 0.2) is 11.0 Å². The Labute approximate surface area is 264 Å². The minimum Gasteiger partial charge on any atom is -0.496 e. The molecule has 2 aromatic heterocycles. The third-order valence-corrected chi connectivity index (χ3v) is 9.65. The van der Waals surface area contributed by atoms with Crippen LogP contribution in [0.5, 0.6) is 5.75 Å². The normalized spacial score (nSPS) is 12.4. The van der Waals surface area contributed by atoms with Crippen molar-refractivity contribution in [3.8, 4) is 11.4 Å². The average molecular weight is 634 g/mol. The second-order valence-electron chi connectivity index (χ2n) is 10.3. The lowest BCUT2D eigenvalue weighted by Crippen LogP contribution is -2.25. The number of nitrogens with one attached hydrogen (secondary N) is 2. The number of thiophene rings is 1. The number of thioether (sulfide) groups is 1. The molecule has 230 valence electrons. The second-order valence-corrected chi connectivity index (χ2v) is 12.4. The van der Waals surface area contributed by atoms with E-state index >= 15 is 0 Å². The summed E-state index contributed by atoms with van der Waals surface area (Å²) in [6.45, 7) is 6.18. The zero-order valence-electron chi connectivity index (χ0n) is 25.2. The molecule has 0 aliphatic heterocycles. The fraction of sp³-hybridized carbons (Fsp3) is 0.344. The number of carbonyl (C=O) groups is 3. The molecule has 0 spiro atoms. The summed E-state index contributed by atoms with van der Waals surface area (Å²) in [7, 11) is 1.52. The summed E-state index contributed by atoms with van der Waals surface area (Å²) in [5.74, 6) is 0.0652. The molecule has 0 saturated carbocycles. The maximum Gasteiger partial charge on any atom is 0.341 e. The molecule has 2 heterocycles. The molecule has 0 saturated heterocycles. The third kappa shape index (κ3) is 6.66.